The van der Waals surface area contributed by atoms with Crippen molar-refractivity contribution in [3.05, 3.63) is 83.7 Å². The van der Waals surface area contributed by atoms with E-state index >= 15 is 0 Å². The van der Waals surface area contributed by atoms with Crippen LogP contribution in [0.2, 0.25) is 0 Å². The van der Waals surface area contributed by atoms with Gasteiger partial charge in [-0.05, 0) is 35.7 Å². The van der Waals surface area contributed by atoms with Crippen molar-refractivity contribution in [1.82, 2.24) is 4.98 Å². The average Bonchev–Trinajstić information content (AvgIpc) is 3.21. The number of carbonyl (C=O) groups excluding carboxylic acids is 1. The molecule has 0 spiro atoms. The lowest BCUT2D eigenvalue weighted by Crippen LogP contribution is -2.26. The molecular formula is C21H16N2OS. The number of benzene rings is 2. The minimum atomic E-state index is -0.0393. The Morgan fingerprint density at radius 3 is 2.48 bits per heavy atom. The molecule has 0 aliphatic heterocycles. The molecule has 0 fully saturated rings. The third-order valence-corrected chi connectivity index (χ3v) is 5.06. The fourth-order valence-corrected chi connectivity index (χ4v) is 3.54. The second-order valence-corrected chi connectivity index (χ2v) is 6.70. The molecule has 0 saturated carbocycles. The lowest BCUT2D eigenvalue weighted by atomic mass is 10.1. The van der Waals surface area contributed by atoms with Crippen LogP contribution in [0.15, 0.2) is 78.2 Å². The van der Waals surface area contributed by atoms with Crippen LogP contribution in [0.4, 0.5) is 5.69 Å². The van der Waals surface area contributed by atoms with E-state index < -0.39 is 0 Å². The monoisotopic (exact) mass is 344 g/mol. The SMILES string of the molecule is CN(C(=O)c1cc(-c2cccs2)nc2ccccc12)c1ccccc1. The molecule has 0 atom stereocenters. The quantitative estimate of drug-likeness (QED) is 0.509. The number of aromatic nitrogens is 1. The van der Waals surface area contributed by atoms with Crippen molar-refractivity contribution in [3.8, 4) is 10.6 Å². The van der Waals surface area contributed by atoms with Gasteiger partial charge in [-0.25, -0.2) is 4.98 Å². The van der Waals surface area contributed by atoms with E-state index in [1.807, 2.05) is 78.2 Å². The van der Waals surface area contributed by atoms with Gasteiger partial charge in [0, 0.05) is 18.1 Å². The lowest BCUT2D eigenvalue weighted by molar-refractivity contribution is 0.0994. The Balaban J connectivity index is 1.86. The third-order valence-electron chi connectivity index (χ3n) is 4.17. The Labute approximate surface area is 150 Å². The summed E-state index contributed by atoms with van der Waals surface area (Å²) in [6, 6.07) is 23.4. The summed E-state index contributed by atoms with van der Waals surface area (Å²) in [6.07, 6.45) is 0. The Hall–Kier alpha value is -2.98. The number of para-hydroxylation sites is 2. The standard InChI is InChI=1S/C21H16N2OS/c1-23(15-8-3-2-4-9-15)21(24)17-14-19(20-12-7-13-25-20)22-18-11-6-5-10-16(17)18/h2-14H,1H3. The van der Waals surface area contributed by atoms with Gasteiger partial charge in [0.2, 0.25) is 0 Å². The molecule has 4 heteroatoms. The van der Waals surface area contributed by atoms with Crippen molar-refractivity contribution < 1.29 is 4.79 Å². The Morgan fingerprint density at radius 2 is 1.72 bits per heavy atom. The van der Waals surface area contributed by atoms with Crippen molar-refractivity contribution >= 4 is 33.8 Å². The van der Waals surface area contributed by atoms with Gasteiger partial charge in [-0.1, -0.05) is 42.5 Å². The average molecular weight is 344 g/mol. The predicted octanol–water partition coefficient (Wildman–Crippen LogP) is 5.24. The first kappa shape index (κ1) is 15.5. The number of hydrogen-bond donors (Lipinski definition) is 0. The van der Waals surface area contributed by atoms with E-state index in [1.54, 1.807) is 23.3 Å². The van der Waals surface area contributed by atoms with E-state index in [0.29, 0.717) is 5.56 Å². The highest BCUT2D eigenvalue weighted by Crippen LogP contribution is 2.29. The Bertz CT molecular complexity index is 1030. The zero-order valence-corrected chi connectivity index (χ0v) is 14.5. The van der Waals surface area contributed by atoms with Crippen molar-refractivity contribution in [3.63, 3.8) is 0 Å². The second-order valence-electron chi connectivity index (χ2n) is 5.75. The van der Waals surface area contributed by atoms with Crippen LogP contribution >= 0.6 is 11.3 Å². The fourth-order valence-electron chi connectivity index (χ4n) is 2.85. The van der Waals surface area contributed by atoms with Gasteiger partial charge >= 0.3 is 0 Å². The van der Waals surface area contributed by atoms with Crippen LogP contribution in [-0.4, -0.2) is 17.9 Å². The molecule has 0 radical (unpaired) electrons. The number of hydrogen-bond acceptors (Lipinski definition) is 3. The molecule has 2 aromatic heterocycles. The predicted molar refractivity (Wildman–Crippen MR) is 104 cm³/mol. The maximum absolute atomic E-state index is 13.2. The van der Waals surface area contributed by atoms with Gasteiger partial charge in [0.05, 0.1) is 21.7 Å². The smallest absolute Gasteiger partial charge is 0.258 e. The molecule has 25 heavy (non-hydrogen) atoms. The van der Waals surface area contributed by atoms with Crippen molar-refractivity contribution in [2.45, 2.75) is 0 Å². The van der Waals surface area contributed by atoms with E-state index in [1.165, 1.54) is 0 Å². The number of rotatable bonds is 3. The topological polar surface area (TPSA) is 33.2 Å². The summed E-state index contributed by atoms with van der Waals surface area (Å²) < 4.78 is 0. The highest BCUT2D eigenvalue weighted by molar-refractivity contribution is 7.13. The van der Waals surface area contributed by atoms with Gasteiger partial charge in [-0.2, -0.15) is 0 Å². The van der Waals surface area contributed by atoms with Gasteiger partial charge in [-0.15, -0.1) is 11.3 Å². The van der Waals surface area contributed by atoms with Crippen LogP contribution in [-0.2, 0) is 0 Å². The van der Waals surface area contributed by atoms with Crippen molar-refractivity contribution in [1.29, 1.82) is 0 Å². The maximum atomic E-state index is 13.2. The van der Waals surface area contributed by atoms with E-state index in [0.717, 1.165) is 27.2 Å². The first-order valence-corrected chi connectivity index (χ1v) is 8.89. The van der Waals surface area contributed by atoms with E-state index in [9.17, 15) is 4.79 Å². The number of carbonyl (C=O) groups is 1. The summed E-state index contributed by atoms with van der Waals surface area (Å²) in [5, 5.41) is 2.89. The Morgan fingerprint density at radius 1 is 0.960 bits per heavy atom. The minimum absolute atomic E-state index is 0.0393. The summed E-state index contributed by atoms with van der Waals surface area (Å²) in [7, 11) is 1.80. The number of pyridine rings is 1. The van der Waals surface area contributed by atoms with Gasteiger partial charge < -0.3 is 4.90 Å². The van der Waals surface area contributed by atoms with Crippen LogP contribution in [0.1, 0.15) is 10.4 Å². The molecule has 0 N–H and O–H groups in total. The highest BCUT2D eigenvalue weighted by Gasteiger charge is 2.18. The van der Waals surface area contributed by atoms with Gasteiger partial charge in [0.25, 0.3) is 5.91 Å². The highest BCUT2D eigenvalue weighted by atomic mass is 32.1. The molecule has 0 saturated heterocycles. The molecule has 4 rings (SSSR count). The number of nitrogens with zero attached hydrogens (tertiary/aromatic N) is 2. The zero-order valence-electron chi connectivity index (χ0n) is 13.7. The van der Waals surface area contributed by atoms with Crippen LogP contribution in [0.5, 0.6) is 0 Å². The largest absolute Gasteiger partial charge is 0.311 e. The van der Waals surface area contributed by atoms with E-state index in [-0.39, 0.29) is 5.91 Å². The van der Waals surface area contributed by atoms with E-state index in [4.69, 9.17) is 4.98 Å². The number of thiophene rings is 1. The molecule has 2 aromatic carbocycles. The number of anilines is 1. The minimum Gasteiger partial charge on any atom is -0.311 e. The second kappa shape index (κ2) is 6.49. The number of amides is 1. The van der Waals surface area contributed by atoms with Crippen molar-refractivity contribution in [2.75, 3.05) is 11.9 Å². The fraction of sp³-hybridized carbons (Fsp3) is 0.0476. The normalized spacial score (nSPS) is 10.8. The third kappa shape index (κ3) is 2.92. The van der Waals surface area contributed by atoms with Gasteiger partial charge in [-0.3, -0.25) is 4.79 Å². The molecule has 0 bridgehead atoms. The molecule has 0 aliphatic rings. The summed E-state index contributed by atoms with van der Waals surface area (Å²) in [5.41, 5.74) is 3.20. The van der Waals surface area contributed by atoms with Gasteiger partial charge in [0.1, 0.15) is 0 Å². The van der Waals surface area contributed by atoms with E-state index in [2.05, 4.69) is 0 Å². The van der Waals surface area contributed by atoms with Crippen LogP contribution in [0.25, 0.3) is 21.5 Å². The summed E-state index contributed by atoms with van der Waals surface area (Å²) in [4.78, 5) is 20.7. The molecule has 0 aliphatic carbocycles. The molecule has 0 unspecified atom stereocenters. The van der Waals surface area contributed by atoms with Crippen LogP contribution in [0.3, 0.4) is 0 Å². The Kier molecular flexibility index (Phi) is 4.04. The molecule has 1 amide bonds. The van der Waals surface area contributed by atoms with Crippen LogP contribution < -0.4 is 4.90 Å². The summed E-state index contributed by atoms with van der Waals surface area (Å²) in [6.45, 7) is 0. The molecule has 4 aromatic rings. The first-order valence-electron chi connectivity index (χ1n) is 8.01. The lowest BCUT2D eigenvalue weighted by Gasteiger charge is -2.19. The van der Waals surface area contributed by atoms with Crippen molar-refractivity contribution in [2.24, 2.45) is 0 Å². The van der Waals surface area contributed by atoms with Gasteiger partial charge in [0.15, 0.2) is 0 Å². The summed E-state index contributed by atoms with van der Waals surface area (Å²) >= 11 is 1.62. The maximum Gasteiger partial charge on any atom is 0.258 e. The molecular weight excluding hydrogens is 328 g/mol. The van der Waals surface area contributed by atoms with Crippen LogP contribution in [0, 0.1) is 0 Å². The molecule has 122 valence electrons. The zero-order chi connectivity index (χ0) is 17.2. The first-order chi connectivity index (χ1) is 12.2. The number of fused-ring (bicyclic) bond motifs is 1. The molecule has 3 nitrogen and oxygen atoms in total. The molecule has 2 heterocycles. The summed E-state index contributed by atoms with van der Waals surface area (Å²) in [5.74, 6) is -0.0393.